The molecule has 6 nitrogen and oxygen atoms in total. The number of imide groups is 1. The third kappa shape index (κ3) is 3.07. The van der Waals surface area contributed by atoms with Gasteiger partial charge < -0.3 is 0 Å². The summed E-state index contributed by atoms with van der Waals surface area (Å²) in [5.41, 5.74) is 1.96. The molecular weight excluding hydrogens is 328 g/mol. The van der Waals surface area contributed by atoms with Gasteiger partial charge in [-0.15, -0.1) is 0 Å². The second kappa shape index (κ2) is 6.29. The van der Waals surface area contributed by atoms with Crippen molar-refractivity contribution in [2.75, 3.05) is 4.90 Å². The Hall–Kier alpha value is -2.93. The van der Waals surface area contributed by atoms with Crippen LogP contribution in [0.3, 0.4) is 0 Å². The molecule has 1 saturated heterocycles. The van der Waals surface area contributed by atoms with Crippen molar-refractivity contribution in [2.45, 2.75) is 6.92 Å². The number of nitro benzene ring substituents is 1. The first-order valence-corrected chi connectivity index (χ1v) is 7.86. The van der Waals surface area contributed by atoms with E-state index in [2.05, 4.69) is 0 Å². The predicted molar refractivity (Wildman–Crippen MR) is 92.7 cm³/mol. The number of nitrogens with zero attached hydrogens (tertiary/aromatic N) is 2. The van der Waals surface area contributed by atoms with E-state index in [1.165, 1.54) is 24.3 Å². The zero-order valence-corrected chi connectivity index (χ0v) is 13.4. The summed E-state index contributed by atoms with van der Waals surface area (Å²) in [5, 5.41) is 10.4. The average Bonchev–Trinajstić information content (AvgIpc) is 2.83. The number of hydrogen-bond acceptors (Lipinski definition) is 5. The topological polar surface area (TPSA) is 80.5 Å². The van der Waals surface area contributed by atoms with Crippen molar-refractivity contribution >= 4 is 40.4 Å². The van der Waals surface area contributed by atoms with Crippen LogP contribution in [0.4, 0.5) is 16.2 Å². The lowest BCUT2D eigenvalue weighted by Crippen LogP contribution is -2.27. The molecule has 2 aromatic rings. The highest BCUT2D eigenvalue weighted by Gasteiger charge is 2.36. The van der Waals surface area contributed by atoms with Gasteiger partial charge in [-0.05, 0) is 42.5 Å². The molecule has 2 amide bonds. The van der Waals surface area contributed by atoms with E-state index in [0.717, 1.165) is 22.2 Å². The number of hydrogen-bond donors (Lipinski definition) is 0. The van der Waals surface area contributed by atoms with Gasteiger partial charge in [-0.25, -0.2) is 4.90 Å². The van der Waals surface area contributed by atoms with Crippen LogP contribution in [0, 0.1) is 17.0 Å². The molecule has 0 radical (unpaired) electrons. The van der Waals surface area contributed by atoms with E-state index < -0.39 is 10.8 Å². The van der Waals surface area contributed by atoms with E-state index in [1.54, 1.807) is 18.2 Å². The molecule has 1 aliphatic rings. The number of thioether (sulfide) groups is 1. The molecule has 0 spiro atoms. The Bertz CT molecular complexity index is 874. The molecule has 0 unspecified atom stereocenters. The van der Waals surface area contributed by atoms with Gasteiger partial charge in [0, 0.05) is 12.1 Å². The lowest BCUT2D eigenvalue weighted by Gasteiger charge is -2.12. The third-order valence-corrected chi connectivity index (χ3v) is 4.33. The Morgan fingerprint density at radius 2 is 1.83 bits per heavy atom. The number of amides is 2. The lowest BCUT2D eigenvalue weighted by molar-refractivity contribution is -0.384. The fourth-order valence-electron chi connectivity index (χ4n) is 2.26. The minimum atomic E-state index is -0.505. The molecule has 7 heteroatoms. The molecule has 0 bridgehead atoms. The Balaban J connectivity index is 1.92. The molecule has 2 aromatic carbocycles. The maximum atomic E-state index is 12.5. The van der Waals surface area contributed by atoms with Crippen molar-refractivity contribution in [3.05, 3.63) is 74.7 Å². The van der Waals surface area contributed by atoms with Crippen LogP contribution in [0.15, 0.2) is 53.4 Å². The van der Waals surface area contributed by atoms with E-state index in [9.17, 15) is 19.7 Å². The predicted octanol–water partition coefficient (Wildman–Crippen LogP) is 4.14. The summed E-state index contributed by atoms with van der Waals surface area (Å²) < 4.78 is 0. The molecule has 24 heavy (non-hydrogen) atoms. The molecule has 1 aliphatic heterocycles. The minimum absolute atomic E-state index is 0.0680. The van der Waals surface area contributed by atoms with Crippen LogP contribution in [0.25, 0.3) is 6.08 Å². The van der Waals surface area contributed by atoms with E-state index >= 15 is 0 Å². The van der Waals surface area contributed by atoms with Crippen LogP contribution < -0.4 is 4.90 Å². The Morgan fingerprint density at radius 1 is 1.12 bits per heavy atom. The lowest BCUT2D eigenvalue weighted by atomic mass is 10.2. The van der Waals surface area contributed by atoms with Gasteiger partial charge in [0.2, 0.25) is 0 Å². The molecule has 3 rings (SSSR count). The smallest absolute Gasteiger partial charge is 0.268 e. The van der Waals surface area contributed by atoms with E-state index in [0.29, 0.717) is 11.3 Å². The molecule has 120 valence electrons. The fraction of sp³-hybridized carbons (Fsp3) is 0.0588. The minimum Gasteiger partial charge on any atom is -0.268 e. The first-order chi connectivity index (χ1) is 11.5. The summed E-state index contributed by atoms with van der Waals surface area (Å²) in [6.45, 7) is 1.92. The summed E-state index contributed by atoms with van der Waals surface area (Å²) in [4.78, 5) is 36.3. The fourth-order valence-corrected chi connectivity index (χ4v) is 3.11. The molecule has 0 aromatic heterocycles. The van der Waals surface area contributed by atoms with Crippen molar-refractivity contribution < 1.29 is 14.5 Å². The van der Waals surface area contributed by atoms with E-state index in [4.69, 9.17) is 0 Å². The highest BCUT2D eigenvalue weighted by atomic mass is 32.2. The third-order valence-electron chi connectivity index (χ3n) is 3.46. The number of benzene rings is 2. The van der Waals surface area contributed by atoms with Crippen molar-refractivity contribution in [1.82, 2.24) is 0 Å². The average molecular weight is 340 g/mol. The maximum Gasteiger partial charge on any atom is 0.298 e. The normalized spacial score (nSPS) is 16.0. The van der Waals surface area contributed by atoms with Gasteiger partial charge in [0.25, 0.3) is 16.8 Å². The maximum absolute atomic E-state index is 12.5. The molecule has 1 heterocycles. The molecule has 0 aliphatic carbocycles. The van der Waals surface area contributed by atoms with Crippen molar-refractivity contribution in [1.29, 1.82) is 0 Å². The Morgan fingerprint density at radius 3 is 2.50 bits per heavy atom. The van der Waals surface area contributed by atoms with Gasteiger partial charge in [0.05, 0.1) is 15.5 Å². The van der Waals surface area contributed by atoms with Crippen LogP contribution in [0.2, 0.25) is 0 Å². The number of non-ortho nitro benzene ring substituents is 1. The standard InChI is InChI=1S/C17H12N2O4S/c1-11-5-7-13(8-6-11)18-16(20)15(24-17(18)21)10-12-3-2-4-14(9-12)19(22)23/h2-10H,1H3/b15-10+. The van der Waals surface area contributed by atoms with Crippen LogP contribution in [-0.4, -0.2) is 16.1 Å². The van der Waals surface area contributed by atoms with Crippen LogP contribution >= 0.6 is 11.8 Å². The second-order valence-electron chi connectivity index (χ2n) is 5.20. The summed E-state index contributed by atoms with van der Waals surface area (Å²) in [6.07, 6.45) is 1.49. The van der Waals surface area contributed by atoms with Gasteiger partial charge in [-0.2, -0.15) is 0 Å². The second-order valence-corrected chi connectivity index (χ2v) is 6.20. The van der Waals surface area contributed by atoms with Crippen molar-refractivity contribution in [2.24, 2.45) is 0 Å². The summed E-state index contributed by atoms with van der Waals surface area (Å²) in [6, 6.07) is 13.0. The largest absolute Gasteiger partial charge is 0.298 e. The molecular formula is C17H12N2O4S. The zero-order valence-electron chi connectivity index (χ0n) is 12.6. The van der Waals surface area contributed by atoms with Gasteiger partial charge in [0.1, 0.15) is 0 Å². The van der Waals surface area contributed by atoms with E-state index in [1.807, 2.05) is 19.1 Å². The first kappa shape index (κ1) is 15.9. The number of rotatable bonds is 3. The summed E-state index contributed by atoms with van der Waals surface area (Å²) in [5.74, 6) is -0.430. The highest BCUT2D eigenvalue weighted by Crippen LogP contribution is 2.36. The van der Waals surface area contributed by atoms with Crippen LogP contribution in [-0.2, 0) is 4.79 Å². The number of anilines is 1. The van der Waals surface area contributed by atoms with Gasteiger partial charge in [-0.3, -0.25) is 19.7 Å². The summed E-state index contributed by atoms with van der Waals surface area (Å²) in [7, 11) is 0. The van der Waals surface area contributed by atoms with Crippen LogP contribution in [0.1, 0.15) is 11.1 Å². The number of aryl methyl sites for hydroxylation is 1. The molecule has 1 fully saturated rings. The van der Waals surface area contributed by atoms with Crippen molar-refractivity contribution in [3.8, 4) is 0 Å². The molecule has 0 saturated carbocycles. The van der Waals surface area contributed by atoms with Gasteiger partial charge in [-0.1, -0.05) is 29.8 Å². The van der Waals surface area contributed by atoms with Gasteiger partial charge >= 0.3 is 0 Å². The molecule has 0 N–H and O–H groups in total. The number of carbonyl (C=O) groups excluding carboxylic acids is 2. The first-order valence-electron chi connectivity index (χ1n) is 7.05. The SMILES string of the molecule is Cc1ccc(N2C(=O)S/C(=C/c3cccc([N+](=O)[O-])c3)C2=O)cc1. The number of carbonyl (C=O) groups is 2. The zero-order chi connectivity index (χ0) is 17.3. The summed E-state index contributed by atoms with van der Waals surface area (Å²) >= 11 is 0.819. The Labute approximate surface area is 141 Å². The van der Waals surface area contributed by atoms with Crippen molar-refractivity contribution in [3.63, 3.8) is 0 Å². The van der Waals surface area contributed by atoms with E-state index in [-0.39, 0.29) is 15.8 Å². The van der Waals surface area contributed by atoms with Crippen LogP contribution in [0.5, 0.6) is 0 Å². The quantitative estimate of drug-likeness (QED) is 0.476. The molecule has 0 atom stereocenters. The monoisotopic (exact) mass is 340 g/mol. The van der Waals surface area contributed by atoms with Gasteiger partial charge in [0.15, 0.2) is 0 Å². The number of nitro groups is 1. The highest BCUT2D eigenvalue weighted by molar-refractivity contribution is 8.19. The Kier molecular flexibility index (Phi) is 4.18.